The van der Waals surface area contributed by atoms with Gasteiger partial charge in [0.2, 0.25) is 5.56 Å². The third-order valence-electron chi connectivity index (χ3n) is 5.02. The number of H-pyrrole nitrogens is 1. The molecule has 2 aliphatic carbocycles. The first-order chi connectivity index (χ1) is 9.49. The van der Waals surface area contributed by atoms with Gasteiger partial charge in [0.15, 0.2) is 0 Å². The van der Waals surface area contributed by atoms with E-state index in [1.54, 1.807) is 6.07 Å². The van der Waals surface area contributed by atoms with E-state index in [1.807, 2.05) is 6.07 Å². The molecule has 0 aliphatic heterocycles. The number of pyridine rings is 1. The highest BCUT2D eigenvalue weighted by Crippen LogP contribution is 2.52. The molecule has 3 rings (SSSR count). The summed E-state index contributed by atoms with van der Waals surface area (Å²) >= 11 is 0. The Morgan fingerprint density at radius 3 is 2.85 bits per heavy atom. The molecule has 106 valence electrons. The summed E-state index contributed by atoms with van der Waals surface area (Å²) in [5.41, 5.74) is 3.70. The number of hydrogen-bond acceptors (Lipinski definition) is 2. The Morgan fingerprint density at radius 1 is 1.45 bits per heavy atom. The molecule has 0 aromatic carbocycles. The average molecular weight is 270 g/mol. The highest BCUT2D eigenvalue weighted by atomic mass is 16.1. The lowest BCUT2D eigenvalue weighted by molar-refractivity contribution is 0.0538. The Morgan fingerprint density at radius 2 is 2.20 bits per heavy atom. The number of aromatic amines is 1. The van der Waals surface area contributed by atoms with Gasteiger partial charge in [0, 0.05) is 17.7 Å². The van der Waals surface area contributed by atoms with Crippen molar-refractivity contribution in [1.82, 2.24) is 9.88 Å². The molecule has 3 heteroatoms. The molecule has 1 N–H and O–H groups in total. The molecule has 1 aromatic rings. The molecule has 1 aromatic heterocycles. The molecule has 2 aliphatic rings. The van der Waals surface area contributed by atoms with Gasteiger partial charge in [-0.25, -0.2) is 0 Å². The quantitative estimate of drug-likeness (QED) is 0.838. The summed E-state index contributed by atoms with van der Waals surface area (Å²) in [6.07, 6.45) is 6.35. The summed E-state index contributed by atoms with van der Waals surface area (Å²) in [5, 5.41) is 0. The van der Waals surface area contributed by atoms with Crippen molar-refractivity contribution in [2.75, 3.05) is 14.1 Å². The van der Waals surface area contributed by atoms with Crippen LogP contribution in [-0.2, 0) is 12.0 Å². The second kappa shape index (κ2) is 4.45. The molecule has 3 nitrogen and oxygen atoms in total. The fraction of sp³-hybridized carbons (Fsp3) is 0.471. The molecule has 2 bridgehead atoms. The molecule has 0 amide bonds. The standard InChI is InChI=1S/C17H22N2O/c1-5-13-12-8-11(2)10-17(13,19(3)4)14-6-7-16(20)18-15(14)9-12/h5-8,12-13H,1,9-10H2,2-4H3,(H,18,20)/t12-,13-,17+/m0/s1. The van der Waals surface area contributed by atoms with Crippen LogP contribution < -0.4 is 5.56 Å². The van der Waals surface area contributed by atoms with Crippen LogP contribution in [0.2, 0.25) is 0 Å². The normalized spacial score (nSPS) is 31.7. The van der Waals surface area contributed by atoms with E-state index in [1.165, 1.54) is 11.1 Å². The summed E-state index contributed by atoms with van der Waals surface area (Å²) in [4.78, 5) is 17.0. The van der Waals surface area contributed by atoms with E-state index in [0.29, 0.717) is 11.8 Å². The topological polar surface area (TPSA) is 36.1 Å². The van der Waals surface area contributed by atoms with E-state index in [2.05, 4.69) is 49.6 Å². The second-order valence-corrected chi connectivity index (χ2v) is 6.35. The fourth-order valence-corrected chi connectivity index (χ4v) is 4.27. The largest absolute Gasteiger partial charge is 0.326 e. The Balaban J connectivity index is 2.30. The van der Waals surface area contributed by atoms with E-state index >= 15 is 0 Å². The molecule has 0 radical (unpaired) electrons. The SMILES string of the molecule is C=C[C@H]1[C@H]2C=C(C)C[C@]1(N(C)C)c1ccc(=O)[nH]c1C2. The number of nitrogens with one attached hydrogen (secondary N) is 1. The molecule has 1 heterocycles. The number of aromatic nitrogens is 1. The van der Waals surface area contributed by atoms with Gasteiger partial charge in [-0.2, -0.15) is 0 Å². The lowest BCUT2D eigenvalue weighted by atomic mass is 9.59. The molecule has 3 atom stereocenters. The van der Waals surface area contributed by atoms with Gasteiger partial charge in [-0.05, 0) is 51.4 Å². The molecule has 0 fully saturated rings. The summed E-state index contributed by atoms with van der Waals surface area (Å²) in [6, 6.07) is 3.66. The van der Waals surface area contributed by atoms with Crippen LogP contribution in [0.25, 0.3) is 0 Å². The molecular formula is C17H22N2O. The number of nitrogens with zero attached hydrogens (tertiary/aromatic N) is 1. The maximum absolute atomic E-state index is 11.6. The number of allylic oxidation sites excluding steroid dienone is 1. The van der Waals surface area contributed by atoms with Gasteiger partial charge in [0.1, 0.15) is 0 Å². The first kappa shape index (κ1) is 13.4. The van der Waals surface area contributed by atoms with E-state index in [-0.39, 0.29) is 11.1 Å². The van der Waals surface area contributed by atoms with Crippen LogP contribution in [-0.4, -0.2) is 24.0 Å². The van der Waals surface area contributed by atoms with Crippen LogP contribution >= 0.6 is 0 Å². The third kappa shape index (κ3) is 1.66. The minimum Gasteiger partial charge on any atom is -0.326 e. The van der Waals surface area contributed by atoms with E-state index in [9.17, 15) is 4.79 Å². The first-order valence-corrected chi connectivity index (χ1v) is 7.19. The average Bonchev–Trinajstić information content (AvgIpc) is 2.36. The van der Waals surface area contributed by atoms with Crippen molar-refractivity contribution in [1.29, 1.82) is 0 Å². The maximum atomic E-state index is 11.6. The number of rotatable bonds is 2. The van der Waals surface area contributed by atoms with Crippen molar-refractivity contribution in [2.45, 2.75) is 25.3 Å². The zero-order valence-electron chi connectivity index (χ0n) is 12.4. The molecule has 0 saturated carbocycles. The zero-order chi connectivity index (χ0) is 14.5. The highest BCUT2D eigenvalue weighted by Gasteiger charge is 2.50. The van der Waals surface area contributed by atoms with Gasteiger partial charge < -0.3 is 4.98 Å². The van der Waals surface area contributed by atoms with Crippen LogP contribution in [0.4, 0.5) is 0 Å². The Hall–Kier alpha value is -1.61. The van der Waals surface area contributed by atoms with Crippen molar-refractivity contribution in [3.05, 3.63) is 58.0 Å². The molecule has 20 heavy (non-hydrogen) atoms. The van der Waals surface area contributed by atoms with Crippen molar-refractivity contribution in [3.8, 4) is 0 Å². The maximum Gasteiger partial charge on any atom is 0.248 e. The monoisotopic (exact) mass is 270 g/mol. The Bertz CT molecular complexity index is 641. The summed E-state index contributed by atoms with van der Waals surface area (Å²) in [7, 11) is 4.26. The van der Waals surface area contributed by atoms with Gasteiger partial charge in [-0.1, -0.05) is 17.7 Å². The minimum absolute atomic E-state index is 0.00603. The summed E-state index contributed by atoms with van der Waals surface area (Å²) in [6.45, 7) is 6.29. The zero-order valence-corrected chi connectivity index (χ0v) is 12.4. The van der Waals surface area contributed by atoms with Crippen molar-refractivity contribution in [2.24, 2.45) is 11.8 Å². The highest BCUT2D eigenvalue weighted by molar-refractivity contribution is 5.40. The van der Waals surface area contributed by atoms with Crippen LogP contribution in [0, 0.1) is 11.8 Å². The van der Waals surface area contributed by atoms with Gasteiger partial charge in [-0.15, -0.1) is 6.58 Å². The van der Waals surface area contributed by atoms with Crippen LogP contribution in [0.15, 0.2) is 41.2 Å². The van der Waals surface area contributed by atoms with Gasteiger partial charge in [-0.3, -0.25) is 9.69 Å². The van der Waals surface area contributed by atoms with E-state index in [0.717, 1.165) is 18.5 Å². The lowest BCUT2D eigenvalue weighted by Crippen LogP contribution is -2.55. The molecule has 0 unspecified atom stereocenters. The van der Waals surface area contributed by atoms with Crippen molar-refractivity contribution < 1.29 is 0 Å². The van der Waals surface area contributed by atoms with Gasteiger partial charge >= 0.3 is 0 Å². The predicted octanol–water partition coefficient (Wildman–Crippen LogP) is 2.46. The molecule has 0 saturated heterocycles. The number of hydrogen-bond donors (Lipinski definition) is 1. The predicted molar refractivity (Wildman–Crippen MR) is 81.7 cm³/mol. The molecule has 0 spiro atoms. The van der Waals surface area contributed by atoms with E-state index in [4.69, 9.17) is 0 Å². The summed E-state index contributed by atoms with van der Waals surface area (Å²) < 4.78 is 0. The van der Waals surface area contributed by atoms with Crippen molar-refractivity contribution >= 4 is 0 Å². The third-order valence-corrected chi connectivity index (χ3v) is 5.02. The lowest BCUT2D eigenvalue weighted by Gasteiger charge is -2.54. The summed E-state index contributed by atoms with van der Waals surface area (Å²) in [5.74, 6) is 0.814. The smallest absolute Gasteiger partial charge is 0.248 e. The van der Waals surface area contributed by atoms with Gasteiger partial charge in [0.25, 0.3) is 0 Å². The minimum atomic E-state index is -0.0803. The van der Waals surface area contributed by atoms with E-state index < -0.39 is 0 Å². The van der Waals surface area contributed by atoms with Crippen LogP contribution in [0.1, 0.15) is 24.6 Å². The Labute approximate surface area is 120 Å². The van der Waals surface area contributed by atoms with Crippen LogP contribution in [0.5, 0.6) is 0 Å². The van der Waals surface area contributed by atoms with Crippen molar-refractivity contribution in [3.63, 3.8) is 0 Å². The van der Waals surface area contributed by atoms with Gasteiger partial charge in [0.05, 0.1) is 5.54 Å². The Kier molecular flexibility index (Phi) is 2.98. The van der Waals surface area contributed by atoms with Crippen LogP contribution in [0.3, 0.4) is 0 Å². The second-order valence-electron chi connectivity index (χ2n) is 6.35. The molecular weight excluding hydrogens is 248 g/mol. The fourth-order valence-electron chi connectivity index (χ4n) is 4.27. The number of fused-ring (bicyclic) bond motifs is 4. The first-order valence-electron chi connectivity index (χ1n) is 7.19.